The van der Waals surface area contributed by atoms with E-state index >= 15 is 0 Å². The molecule has 44 heavy (non-hydrogen) atoms. The van der Waals surface area contributed by atoms with Crippen molar-refractivity contribution in [2.45, 2.75) is 84.8 Å². The minimum absolute atomic E-state index is 0.142. The summed E-state index contributed by atoms with van der Waals surface area (Å²) in [6, 6.07) is 9.01. The zero-order valence-electron chi connectivity index (χ0n) is 26.2. The number of carbonyl (C=O) groups is 2. The van der Waals surface area contributed by atoms with Crippen LogP contribution in [-0.2, 0) is 33.7 Å². The van der Waals surface area contributed by atoms with E-state index in [0.29, 0.717) is 37.5 Å². The summed E-state index contributed by atoms with van der Waals surface area (Å²) in [6.45, 7) is 12.2. The van der Waals surface area contributed by atoms with Gasteiger partial charge in [-0.2, -0.15) is 0 Å². The molecule has 1 fully saturated rings. The molecule has 3 N–H and O–H groups in total. The van der Waals surface area contributed by atoms with Crippen LogP contribution >= 0.6 is 0 Å². The number of nitrogens with two attached hydrogens (primary N) is 1. The lowest BCUT2D eigenvalue weighted by Crippen LogP contribution is -2.59. The first kappa shape index (κ1) is 30.0. The molecule has 10 nitrogen and oxygen atoms in total. The third-order valence-corrected chi connectivity index (χ3v) is 8.67. The Hall–Kier alpha value is -4.02. The lowest BCUT2D eigenvalue weighted by atomic mass is 9.84. The van der Waals surface area contributed by atoms with Crippen LogP contribution in [0.15, 0.2) is 47.1 Å². The average molecular weight is 599 g/mol. The molecule has 1 amide bonds. The summed E-state index contributed by atoms with van der Waals surface area (Å²) in [5.74, 6) is 0.571. The number of aromatic nitrogens is 3. The normalized spacial score (nSPS) is 21.0. The number of benzene rings is 1. The number of hydrogen-bond donors (Lipinski definition) is 2. The Morgan fingerprint density at radius 3 is 2.77 bits per heavy atom. The molecule has 5 heterocycles. The molecular weight excluding hydrogens is 556 g/mol. The van der Waals surface area contributed by atoms with E-state index in [1.165, 1.54) is 10.6 Å². The molecule has 2 aliphatic rings. The third kappa shape index (κ3) is 5.64. The number of fused-ring (bicyclic) bond motifs is 6. The predicted octanol–water partition coefficient (Wildman–Crippen LogP) is 4.99. The van der Waals surface area contributed by atoms with Crippen LogP contribution in [0.25, 0.3) is 33.5 Å². The molecule has 3 aromatic heterocycles. The number of rotatable bonds is 3. The number of cyclic esters (lactones) is 1. The Bertz CT molecular complexity index is 1700. The van der Waals surface area contributed by atoms with Crippen LogP contribution in [0, 0.1) is 5.41 Å². The fourth-order valence-corrected chi connectivity index (χ4v) is 6.50. The van der Waals surface area contributed by atoms with Crippen LogP contribution < -0.4 is 11.2 Å². The topological polar surface area (TPSA) is 129 Å². The van der Waals surface area contributed by atoms with E-state index in [0.717, 1.165) is 40.0 Å². The van der Waals surface area contributed by atoms with Crippen molar-refractivity contribution < 1.29 is 18.7 Å². The third-order valence-electron chi connectivity index (χ3n) is 8.67. The van der Waals surface area contributed by atoms with Gasteiger partial charge in [0.25, 0.3) is 5.91 Å². The number of amides is 1. The van der Waals surface area contributed by atoms with E-state index in [1.807, 2.05) is 18.3 Å². The quantitative estimate of drug-likeness (QED) is 0.316. The Labute approximate surface area is 257 Å². The van der Waals surface area contributed by atoms with Gasteiger partial charge in [0.2, 0.25) is 0 Å². The first-order valence-corrected chi connectivity index (χ1v) is 15.6. The van der Waals surface area contributed by atoms with Gasteiger partial charge in [0, 0.05) is 53.2 Å². The van der Waals surface area contributed by atoms with Crippen LogP contribution in [0.1, 0.15) is 70.5 Å². The van der Waals surface area contributed by atoms with Crippen molar-refractivity contribution in [2.24, 2.45) is 11.1 Å². The standard InChI is InChI=1S/C34H42N6O4/c1-6-39-27-12-11-21-15-23(27)24(31(39)22-9-7-13-36-30(22)20(2)3)17-34(4,5)19-43-33(42)26-10-8-14-40(38-26)32(41)25(35)16-29-37-18-28(21)44-29/h7,9,11-13,15,18,20,25-26,38H,6,8,10,14,16-17,19,35H2,1-5H3/t25-,26-/m0/s1. The number of hydrazine groups is 1. The highest BCUT2D eigenvalue weighted by molar-refractivity contribution is 5.95. The molecule has 0 aliphatic carbocycles. The second-order valence-electron chi connectivity index (χ2n) is 13.1. The molecule has 232 valence electrons. The summed E-state index contributed by atoms with van der Waals surface area (Å²) in [5.41, 5.74) is 15.4. The van der Waals surface area contributed by atoms with Crippen LogP contribution in [0.3, 0.4) is 0 Å². The maximum absolute atomic E-state index is 13.3. The average Bonchev–Trinajstić information content (AvgIpc) is 3.60. The Kier molecular flexibility index (Phi) is 8.06. The molecule has 0 spiro atoms. The molecule has 1 aromatic carbocycles. The van der Waals surface area contributed by atoms with Gasteiger partial charge < -0.3 is 19.5 Å². The van der Waals surface area contributed by atoms with E-state index < -0.39 is 17.5 Å². The van der Waals surface area contributed by atoms with Gasteiger partial charge in [-0.25, -0.2) is 10.4 Å². The monoisotopic (exact) mass is 598 g/mol. The number of esters is 1. The summed E-state index contributed by atoms with van der Waals surface area (Å²) < 4.78 is 14.5. The van der Waals surface area contributed by atoms with E-state index in [2.05, 4.69) is 67.8 Å². The number of oxazole rings is 1. The highest BCUT2D eigenvalue weighted by Crippen LogP contribution is 2.41. The molecule has 6 bridgehead atoms. The van der Waals surface area contributed by atoms with E-state index in [1.54, 1.807) is 6.20 Å². The highest BCUT2D eigenvalue weighted by Gasteiger charge is 2.34. The Morgan fingerprint density at radius 1 is 1.18 bits per heavy atom. The molecule has 0 unspecified atom stereocenters. The molecule has 0 radical (unpaired) electrons. The first-order valence-electron chi connectivity index (χ1n) is 15.6. The number of nitrogens with one attached hydrogen (secondary N) is 1. The van der Waals surface area contributed by atoms with Crippen molar-refractivity contribution in [1.29, 1.82) is 0 Å². The molecule has 10 heteroatoms. The lowest BCUT2D eigenvalue weighted by Gasteiger charge is -2.34. The van der Waals surface area contributed by atoms with Crippen LogP contribution in [0.4, 0.5) is 0 Å². The first-order chi connectivity index (χ1) is 21.1. The van der Waals surface area contributed by atoms with Gasteiger partial charge in [-0.1, -0.05) is 27.7 Å². The van der Waals surface area contributed by atoms with Gasteiger partial charge in [-0.05, 0) is 68.0 Å². The maximum Gasteiger partial charge on any atom is 0.324 e. The van der Waals surface area contributed by atoms with Gasteiger partial charge in [0.05, 0.1) is 30.2 Å². The van der Waals surface area contributed by atoms with Crippen LogP contribution in [0.5, 0.6) is 0 Å². The van der Waals surface area contributed by atoms with Gasteiger partial charge in [-0.3, -0.25) is 19.6 Å². The fraction of sp³-hybridized carbons (Fsp3) is 0.471. The minimum Gasteiger partial charge on any atom is -0.464 e. The summed E-state index contributed by atoms with van der Waals surface area (Å²) in [4.78, 5) is 35.7. The molecule has 2 atom stereocenters. The lowest BCUT2D eigenvalue weighted by molar-refractivity contribution is -0.154. The van der Waals surface area contributed by atoms with Crippen molar-refractivity contribution in [3.63, 3.8) is 0 Å². The van der Waals surface area contributed by atoms with E-state index in [9.17, 15) is 9.59 Å². The largest absolute Gasteiger partial charge is 0.464 e. The molecule has 2 aliphatic heterocycles. The fourth-order valence-electron chi connectivity index (χ4n) is 6.50. The van der Waals surface area contributed by atoms with Crippen molar-refractivity contribution in [3.8, 4) is 22.6 Å². The summed E-state index contributed by atoms with van der Waals surface area (Å²) in [5, 5.41) is 2.55. The number of hydrogen-bond acceptors (Lipinski definition) is 8. The van der Waals surface area contributed by atoms with Crippen molar-refractivity contribution in [3.05, 3.63) is 59.9 Å². The van der Waals surface area contributed by atoms with Crippen LogP contribution in [0.2, 0.25) is 0 Å². The number of aryl methyl sites for hydroxylation is 1. The molecule has 1 saturated heterocycles. The number of pyridine rings is 1. The van der Waals surface area contributed by atoms with Crippen molar-refractivity contribution in [1.82, 2.24) is 25.0 Å². The maximum atomic E-state index is 13.3. The number of nitrogens with zero attached hydrogens (tertiary/aromatic N) is 4. The van der Waals surface area contributed by atoms with E-state index in [-0.39, 0.29) is 30.8 Å². The smallest absolute Gasteiger partial charge is 0.324 e. The van der Waals surface area contributed by atoms with Crippen molar-refractivity contribution in [2.75, 3.05) is 13.2 Å². The second kappa shape index (κ2) is 11.8. The Balaban J connectivity index is 1.53. The number of carbonyl (C=O) groups excluding carboxylic acids is 2. The van der Waals surface area contributed by atoms with Crippen molar-refractivity contribution >= 4 is 22.8 Å². The number of ether oxygens (including phenoxy) is 1. The van der Waals surface area contributed by atoms with Gasteiger partial charge >= 0.3 is 5.97 Å². The zero-order valence-corrected chi connectivity index (χ0v) is 26.2. The summed E-state index contributed by atoms with van der Waals surface area (Å²) in [6.07, 6.45) is 5.61. The zero-order chi connectivity index (χ0) is 31.2. The predicted molar refractivity (Wildman–Crippen MR) is 168 cm³/mol. The van der Waals surface area contributed by atoms with Gasteiger partial charge in [0.1, 0.15) is 6.04 Å². The molecule has 6 rings (SSSR count). The molecular formula is C34H42N6O4. The van der Waals surface area contributed by atoms with Gasteiger partial charge in [0.15, 0.2) is 11.7 Å². The Morgan fingerprint density at radius 2 is 2.00 bits per heavy atom. The molecule has 0 saturated carbocycles. The molecule has 4 aromatic rings. The SMILES string of the molecule is CCn1c(-c2cccnc2C(C)C)c2c3cc(ccc31)-c1cnc(o1)C[C@H](N)C(=O)N1CCC[C@H](N1)C(=O)OCC(C)(C)C2. The van der Waals surface area contributed by atoms with Crippen LogP contribution in [-0.4, -0.2) is 56.7 Å². The van der Waals surface area contributed by atoms with E-state index in [4.69, 9.17) is 19.9 Å². The summed E-state index contributed by atoms with van der Waals surface area (Å²) >= 11 is 0. The summed E-state index contributed by atoms with van der Waals surface area (Å²) in [7, 11) is 0. The minimum atomic E-state index is -0.869. The second-order valence-corrected chi connectivity index (χ2v) is 13.1. The van der Waals surface area contributed by atoms with Gasteiger partial charge in [-0.15, -0.1) is 0 Å². The highest BCUT2D eigenvalue weighted by atomic mass is 16.5.